The van der Waals surface area contributed by atoms with E-state index in [9.17, 15) is 0 Å². The van der Waals surface area contributed by atoms with Crippen molar-refractivity contribution in [1.29, 1.82) is 5.26 Å². The van der Waals surface area contributed by atoms with E-state index >= 15 is 0 Å². The van der Waals surface area contributed by atoms with Gasteiger partial charge < -0.3 is 10.5 Å². The summed E-state index contributed by atoms with van der Waals surface area (Å²) in [5, 5.41) is 14.5. The number of fused-ring (bicyclic) bond motifs is 1. The quantitative estimate of drug-likeness (QED) is 0.440. The van der Waals surface area contributed by atoms with E-state index < -0.39 is 0 Å². The van der Waals surface area contributed by atoms with Crippen LogP contribution in [-0.2, 0) is 6.54 Å². The van der Waals surface area contributed by atoms with E-state index in [-0.39, 0.29) is 0 Å². The van der Waals surface area contributed by atoms with Gasteiger partial charge in [-0.25, -0.2) is 14.6 Å². The Hall–Kier alpha value is -4.70. The fourth-order valence-corrected chi connectivity index (χ4v) is 3.51. The number of nitrogens with two attached hydrogens (primary N) is 1. The van der Waals surface area contributed by atoms with Gasteiger partial charge in [-0.3, -0.25) is 0 Å². The molecule has 5 aromatic rings. The summed E-state index contributed by atoms with van der Waals surface area (Å²) in [6, 6.07) is 26.8. The SMILES string of the molecule is N#Cc1ccc(Cn2nc(-c3ccc(Oc4ccccc4)cc3)c3c(N)ncnc32)cc1. The van der Waals surface area contributed by atoms with Gasteiger partial charge in [-0.1, -0.05) is 30.3 Å². The zero-order valence-corrected chi connectivity index (χ0v) is 17.0. The van der Waals surface area contributed by atoms with Crippen LogP contribution in [-0.4, -0.2) is 19.7 Å². The number of aromatic nitrogens is 4. The molecule has 0 aliphatic carbocycles. The monoisotopic (exact) mass is 418 g/mol. The van der Waals surface area contributed by atoms with Crippen molar-refractivity contribution in [3.8, 4) is 28.8 Å². The Bertz CT molecular complexity index is 1420. The average molecular weight is 418 g/mol. The van der Waals surface area contributed by atoms with Gasteiger partial charge in [0, 0.05) is 5.56 Å². The average Bonchev–Trinajstić information content (AvgIpc) is 3.20. The first kappa shape index (κ1) is 19.3. The molecule has 0 aliphatic heterocycles. The number of ether oxygens (including phenoxy) is 1. The summed E-state index contributed by atoms with van der Waals surface area (Å²) >= 11 is 0. The summed E-state index contributed by atoms with van der Waals surface area (Å²) in [4.78, 5) is 8.59. The minimum absolute atomic E-state index is 0.376. The number of nitrogens with zero attached hydrogens (tertiary/aromatic N) is 5. The van der Waals surface area contributed by atoms with Crippen molar-refractivity contribution in [2.45, 2.75) is 6.54 Å². The Morgan fingerprint density at radius 3 is 2.31 bits per heavy atom. The summed E-state index contributed by atoms with van der Waals surface area (Å²) in [5.41, 5.74) is 10.1. The second kappa shape index (κ2) is 8.20. The van der Waals surface area contributed by atoms with E-state index in [0.29, 0.717) is 34.7 Å². The van der Waals surface area contributed by atoms with Gasteiger partial charge >= 0.3 is 0 Å². The maximum Gasteiger partial charge on any atom is 0.164 e. The first-order valence-electron chi connectivity index (χ1n) is 10.0. The second-order valence-corrected chi connectivity index (χ2v) is 7.21. The van der Waals surface area contributed by atoms with Crippen molar-refractivity contribution in [2.24, 2.45) is 0 Å². The van der Waals surface area contributed by atoms with E-state index in [2.05, 4.69) is 16.0 Å². The lowest BCUT2D eigenvalue weighted by Crippen LogP contribution is -2.03. The number of nitrogen functional groups attached to an aromatic ring is 1. The van der Waals surface area contributed by atoms with Crippen LogP contribution >= 0.6 is 0 Å². The number of nitriles is 1. The predicted octanol–water partition coefficient (Wildman–Crippen LogP) is 4.79. The van der Waals surface area contributed by atoms with Crippen molar-refractivity contribution in [2.75, 3.05) is 5.73 Å². The number of benzene rings is 3. The summed E-state index contributed by atoms with van der Waals surface area (Å²) in [7, 11) is 0. The lowest BCUT2D eigenvalue weighted by atomic mass is 10.1. The highest BCUT2D eigenvalue weighted by Gasteiger charge is 2.17. The van der Waals surface area contributed by atoms with Crippen LogP contribution in [0.3, 0.4) is 0 Å². The maximum absolute atomic E-state index is 9.01. The number of anilines is 1. The molecule has 0 atom stereocenters. The molecule has 0 aliphatic rings. The minimum atomic E-state index is 0.376. The number of rotatable bonds is 5. The molecule has 0 saturated heterocycles. The Labute approximate surface area is 184 Å². The van der Waals surface area contributed by atoms with Crippen LogP contribution in [0.25, 0.3) is 22.3 Å². The normalized spacial score (nSPS) is 10.7. The van der Waals surface area contributed by atoms with Gasteiger partial charge in [0.2, 0.25) is 0 Å². The Balaban J connectivity index is 1.50. The highest BCUT2D eigenvalue weighted by molar-refractivity contribution is 5.98. The van der Waals surface area contributed by atoms with Crippen LogP contribution < -0.4 is 10.5 Å². The zero-order chi connectivity index (χ0) is 21.9. The van der Waals surface area contributed by atoms with Crippen LogP contribution in [0.15, 0.2) is 85.2 Å². The molecule has 0 unspecified atom stereocenters. The number of hydrogen-bond donors (Lipinski definition) is 1. The molecule has 0 amide bonds. The fourth-order valence-electron chi connectivity index (χ4n) is 3.51. The van der Waals surface area contributed by atoms with Gasteiger partial charge in [0.25, 0.3) is 0 Å². The van der Waals surface area contributed by atoms with Crippen LogP contribution in [0.2, 0.25) is 0 Å². The predicted molar refractivity (Wildman–Crippen MR) is 122 cm³/mol. The molecule has 2 N–H and O–H groups in total. The maximum atomic E-state index is 9.01. The molecule has 3 aromatic carbocycles. The zero-order valence-electron chi connectivity index (χ0n) is 17.0. The first-order chi connectivity index (χ1) is 15.7. The van der Waals surface area contributed by atoms with Crippen LogP contribution in [0.5, 0.6) is 11.5 Å². The van der Waals surface area contributed by atoms with Crippen molar-refractivity contribution in [3.63, 3.8) is 0 Å². The summed E-state index contributed by atoms with van der Waals surface area (Å²) < 4.78 is 7.69. The van der Waals surface area contributed by atoms with Crippen molar-refractivity contribution in [3.05, 3.63) is 96.3 Å². The van der Waals surface area contributed by atoms with E-state index in [1.807, 2.05) is 66.7 Å². The molecule has 0 bridgehead atoms. The summed E-state index contributed by atoms with van der Waals surface area (Å²) in [6.45, 7) is 0.494. The molecule has 7 heteroatoms. The molecular formula is C25H18N6O. The van der Waals surface area contributed by atoms with Crippen molar-refractivity contribution >= 4 is 16.9 Å². The largest absolute Gasteiger partial charge is 0.457 e. The lowest BCUT2D eigenvalue weighted by molar-refractivity contribution is 0.483. The lowest BCUT2D eigenvalue weighted by Gasteiger charge is -2.06. The highest BCUT2D eigenvalue weighted by atomic mass is 16.5. The van der Waals surface area contributed by atoms with Crippen molar-refractivity contribution < 1.29 is 4.74 Å². The Morgan fingerprint density at radius 1 is 0.875 bits per heavy atom. The smallest absolute Gasteiger partial charge is 0.164 e. The molecule has 2 heterocycles. The Morgan fingerprint density at radius 2 is 1.59 bits per heavy atom. The molecule has 32 heavy (non-hydrogen) atoms. The van der Waals surface area contributed by atoms with Crippen LogP contribution in [0.1, 0.15) is 11.1 Å². The second-order valence-electron chi connectivity index (χ2n) is 7.21. The highest BCUT2D eigenvalue weighted by Crippen LogP contribution is 2.32. The molecule has 154 valence electrons. The molecule has 0 saturated carbocycles. The Kier molecular flexibility index (Phi) is 4.94. The fraction of sp³-hybridized carbons (Fsp3) is 0.0400. The molecule has 0 fully saturated rings. The third-order valence-electron chi connectivity index (χ3n) is 5.08. The third-order valence-corrected chi connectivity index (χ3v) is 5.08. The van der Waals surface area contributed by atoms with E-state index in [4.69, 9.17) is 20.8 Å². The minimum Gasteiger partial charge on any atom is -0.457 e. The standard InChI is InChI=1S/C25H18N6O/c26-14-17-6-8-18(9-7-17)15-31-25-22(24(27)28-16-29-25)23(30-31)19-10-12-21(13-11-19)32-20-4-2-1-3-5-20/h1-13,16H,15H2,(H2,27,28,29). The van der Waals surface area contributed by atoms with E-state index in [1.165, 1.54) is 6.33 Å². The molecule has 5 rings (SSSR count). The van der Waals surface area contributed by atoms with Gasteiger partial charge in [0.15, 0.2) is 5.65 Å². The van der Waals surface area contributed by atoms with Gasteiger partial charge in [-0.2, -0.15) is 10.4 Å². The van der Waals surface area contributed by atoms with Crippen LogP contribution in [0.4, 0.5) is 5.82 Å². The van der Waals surface area contributed by atoms with Gasteiger partial charge in [-0.05, 0) is 54.1 Å². The first-order valence-corrected chi connectivity index (χ1v) is 10.0. The number of para-hydroxylation sites is 1. The molecule has 2 aromatic heterocycles. The molecule has 0 spiro atoms. The topological polar surface area (TPSA) is 103 Å². The molecule has 0 radical (unpaired) electrons. The number of hydrogen-bond acceptors (Lipinski definition) is 6. The summed E-state index contributed by atoms with van der Waals surface area (Å²) in [6.07, 6.45) is 1.44. The van der Waals surface area contributed by atoms with Gasteiger partial charge in [0.05, 0.1) is 23.6 Å². The molecular weight excluding hydrogens is 400 g/mol. The van der Waals surface area contributed by atoms with E-state index in [0.717, 1.165) is 22.6 Å². The molecule has 7 nitrogen and oxygen atoms in total. The van der Waals surface area contributed by atoms with Gasteiger partial charge in [0.1, 0.15) is 29.3 Å². The third kappa shape index (κ3) is 3.73. The van der Waals surface area contributed by atoms with Crippen LogP contribution in [0, 0.1) is 11.3 Å². The van der Waals surface area contributed by atoms with E-state index in [1.54, 1.807) is 16.8 Å². The van der Waals surface area contributed by atoms with Crippen molar-refractivity contribution in [1.82, 2.24) is 19.7 Å². The summed E-state index contributed by atoms with van der Waals surface area (Å²) in [5.74, 6) is 1.88. The van der Waals surface area contributed by atoms with Gasteiger partial charge in [-0.15, -0.1) is 0 Å².